The number of hydrogen-bond acceptors (Lipinski definition) is 2. The third-order valence-corrected chi connectivity index (χ3v) is 3.93. The molecule has 1 saturated heterocycles. The lowest BCUT2D eigenvalue weighted by molar-refractivity contribution is 0.503. The van der Waals surface area contributed by atoms with E-state index in [0.29, 0.717) is 5.92 Å². The third kappa shape index (κ3) is 2.36. The minimum Gasteiger partial charge on any atom is -0.365 e. The molecule has 0 saturated carbocycles. The highest BCUT2D eigenvalue weighted by molar-refractivity contribution is 5.52. The Morgan fingerprint density at radius 1 is 1.28 bits per heavy atom. The molecule has 1 aromatic carbocycles. The number of nitriles is 1. The summed E-state index contributed by atoms with van der Waals surface area (Å²) in [5.74, 6) is 0.724. The van der Waals surface area contributed by atoms with Crippen LogP contribution in [0.4, 0.5) is 5.69 Å². The van der Waals surface area contributed by atoms with Gasteiger partial charge in [0.15, 0.2) is 0 Å². The second kappa shape index (κ2) is 4.65. The topological polar surface area (TPSA) is 27.0 Å². The van der Waals surface area contributed by atoms with Crippen LogP contribution >= 0.6 is 0 Å². The quantitative estimate of drug-likeness (QED) is 0.785. The molecule has 96 valence electrons. The summed E-state index contributed by atoms with van der Waals surface area (Å²) in [4.78, 5) is 2.37. The molecule has 2 nitrogen and oxygen atoms in total. The van der Waals surface area contributed by atoms with Gasteiger partial charge in [-0.15, -0.1) is 0 Å². The zero-order chi connectivity index (χ0) is 13.3. The number of rotatable bonds is 2. The zero-order valence-corrected chi connectivity index (χ0v) is 11.8. The molecule has 1 aliphatic heterocycles. The van der Waals surface area contributed by atoms with Gasteiger partial charge in [-0.05, 0) is 43.9 Å². The highest BCUT2D eigenvalue weighted by Crippen LogP contribution is 2.36. The normalized spacial score (nSPS) is 22.2. The fraction of sp³-hybridized carbons (Fsp3) is 0.562. The Labute approximate surface area is 110 Å². The molecular formula is C16H22N2. The Balaban J connectivity index is 2.24. The maximum absolute atomic E-state index is 9.10. The predicted molar refractivity (Wildman–Crippen MR) is 75.7 cm³/mol. The lowest BCUT2D eigenvalue weighted by atomic mass is 9.97. The molecule has 1 aliphatic rings. The van der Waals surface area contributed by atoms with Crippen LogP contribution in [0.5, 0.6) is 0 Å². The molecule has 1 heterocycles. The van der Waals surface area contributed by atoms with Crippen LogP contribution in [0, 0.1) is 17.2 Å². The van der Waals surface area contributed by atoms with Crippen molar-refractivity contribution in [3.63, 3.8) is 0 Å². The molecule has 0 amide bonds. The minimum atomic E-state index is 0.0831. The summed E-state index contributed by atoms with van der Waals surface area (Å²) in [6.45, 7) is 9.72. The van der Waals surface area contributed by atoms with Crippen molar-refractivity contribution in [2.45, 2.75) is 45.6 Å². The molecule has 0 radical (unpaired) electrons. The smallest absolute Gasteiger partial charge is 0.0675 e. The maximum Gasteiger partial charge on any atom is 0.0675 e. The number of anilines is 1. The number of hydrogen-bond donors (Lipinski definition) is 0. The number of benzene rings is 1. The van der Waals surface area contributed by atoms with Crippen LogP contribution in [-0.2, 0) is 0 Å². The Kier molecular flexibility index (Phi) is 3.34. The molecule has 18 heavy (non-hydrogen) atoms. The van der Waals surface area contributed by atoms with Crippen molar-refractivity contribution >= 4 is 5.69 Å². The molecule has 1 atom stereocenters. The molecule has 2 heteroatoms. The molecule has 2 rings (SSSR count). The minimum absolute atomic E-state index is 0.0831. The highest BCUT2D eigenvalue weighted by atomic mass is 15.2. The SMILES string of the molecule is CC(C)c1ccc(N2CC(C#N)CC2(C)C)cc1. The largest absolute Gasteiger partial charge is 0.365 e. The van der Waals surface area contributed by atoms with Crippen LogP contribution < -0.4 is 4.90 Å². The van der Waals surface area contributed by atoms with E-state index in [1.54, 1.807) is 0 Å². The maximum atomic E-state index is 9.10. The van der Waals surface area contributed by atoms with E-state index in [1.165, 1.54) is 11.3 Å². The molecule has 1 unspecified atom stereocenters. The van der Waals surface area contributed by atoms with Gasteiger partial charge in [-0.25, -0.2) is 0 Å². The van der Waals surface area contributed by atoms with E-state index in [1.807, 2.05) is 0 Å². The van der Waals surface area contributed by atoms with Gasteiger partial charge in [0.05, 0.1) is 12.0 Å². The second-order valence-corrected chi connectivity index (χ2v) is 6.20. The molecule has 1 aromatic rings. The average Bonchev–Trinajstić information content (AvgIpc) is 2.64. The first-order valence-corrected chi connectivity index (χ1v) is 6.71. The van der Waals surface area contributed by atoms with E-state index < -0.39 is 0 Å². The van der Waals surface area contributed by atoms with Gasteiger partial charge in [0.1, 0.15) is 0 Å². The van der Waals surface area contributed by atoms with E-state index >= 15 is 0 Å². The second-order valence-electron chi connectivity index (χ2n) is 6.20. The highest BCUT2D eigenvalue weighted by Gasteiger charge is 2.38. The predicted octanol–water partition coefficient (Wildman–Crippen LogP) is 3.94. The zero-order valence-electron chi connectivity index (χ0n) is 11.8. The summed E-state index contributed by atoms with van der Waals surface area (Å²) in [6.07, 6.45) is 0.954. The van der Waals surface area contributed by atoms with Crippen LogP contribution in [0.1, 0.15) is 45.6 Å². The van der Waals surface area contributed by atoms with E-state index in [0.717, 1.165) is 13.0 Å². The van der Waals surface area contributed by atoms with Crippen molar-refractivity contribution in [1.82, 2.24) is 0 Å². The number of nitrogens with zero attached hydrogens (tertiary/aromatic N) is 2. The molecule has 0 N–H and O–H groups in total. The summed E-state index contributed by atoms with van der Waals surface area (Å²) < 4.78 is 0. The Bertz CT molecular complexity index is 451. The summed E-state index contributed by atoms with van der Waals surface area (Å²) in [5.41, 5.74) is 2.69. The summed E-state index contributed by atoms with van der Waals surface area (Å²) >= 11 is 0. The summed E-state index contributed by atoms with van der Waals surface area (Å²) in [6, 6.07) is 11.2. The van der Waals surface area contributed by atoms with Gasteiger partial charge >= 0.3 is 0 Å². The van der Waals surface area contributed by atoms with Gasteiger partial charge in [-0.2, -0.15) is 5.26 Å². The summed E-state index contributed by atoms with van der Waals surface area (Å²) in [5, 5.41) is 9.10. The molecule has 0 bridgehead atoms. The van der Waals surface area contributed by atoms with Crippen molar-refractivity contribution in [3.05, 3.63) is 29.8 Å². The average molecular weight is 242 g/mol. The standard InChI is InChI=1S/C16H22N2/c1-12(2)14-5-7-15(8-6-14)18-11-13(10-17)9-16(18,3)4/h5-8,12-13H,9,11H2,1-4H3. The Morgan fingerprint density at radius 2 is 1.89 bits per heavy atom. The van der Waals surface area contributed by atoms with Gasteiger partial charge in [0.2, 0.25) is 0 Å². The van der Waals surface area contributed by atoms with Gasteiger partial charge in [0, 0.05) is 17.8 Å². The van der Waals surface area contributed by atoms with Crippen molar-refractivity contribution < 1.29 is 0 Å². The van der Waals surface area contributed by atoms with E-state index in [-0.39, 0.29) is 11.5 Å². The van der Waals surface area contributed by atoms with Crippen molar-refractivity contribution in [2.24, 2.45) is 5.92 Å². The van der Waals surface area contributed by atoms with Crippen LogP contribution in [0.2, 0.25) is 0 Å². The van der Waals surface area contributed by atoms with E-state index in [4.69, 9.17) is 5.26 Å². The fourth-order valence-electron chi connectivity index (χ4n) is 2.83. The van der Waals surface area contributed by atoms with E-state index in [9.17, 15) is 0 Å². The molecule has 0 aromatic heterocycles. The molecule has 0 aliphatic carbocycles. The Hall–Kier alpha value is -1.49. The fourth-order valence-corrected chi connectivity index (χ4v) is 2.83. The summed E-state index contributed by atoms with van der Waals surface area (Å²) in [7, 11) is 0. The first kappa shape index (κ1) is 13.0. The Morgan fingerprint density at radius 3 is 2.33 bits per heavy atom. The van der Waals surface area contributed by atoms with Gasteiger partial charge < -0.3 is 4.90 Å². The first-order valence-electron chi connectivity index (χ1n) is 6.71. The van der Waals surface area contributed by atoms with Crippen LogP contribution in [-0.4, -0.2) is 12.1 Å². The van der Waals surface area contributed by atoms with Crippen molar-refractivity contribution in [3.8, 4) is 6.07 Å². The van der Waals surface area contributed by atoms with E-state index in [2.05, 4.69) is 62.9 Å². The van der Waals surface area contributed by atoms with Gasteiger partial charge in [-0.1, -0.05) is 26.0 Å². The third-order valence-electron chi connectivity index (χ3n) is 3.93. The van der Waals surface area contributed by atoms with Crippen LogP contribution in [0.15, 0.2) is 24.3 Å². The monoisotopic (exact) mass is 242 g/mol. The lowest BCUT2D eigenvalue weighted by Gasteiger charge is -2.33. The molecular weight excluding hydrogens is 220 g/mol. The lowest BCUT2D eigenvalue weighted by Crippen LogP contribution is -2.38. The molecule has 1 fully saturated rings. The van der Waals surface area contributed by atoms with Crippen molar-refractivity contribution in [1.29, 1.82) is 5.26 Å². The van der Waals surface area contributed by atoms with Crippen LogP contribution in [0.25, 0.3) is 0 Å². The van der Waals surface area contributed by atoms with Crippen molar-refractivity contribution in [2.75, 3.05) is 11.4 Å². The van der Waals surface area contributed by atoms with Gasteiger partial charge in [0.25, 0.3) is 0 Å². The van der Waals surface area contributed by atoms with Gasteiger partial charge in [-0.3, -0.25) is 0 Å². The van der Waals surface area contributed by atoms with Crippen LogP contribution in [0.3, 0.4) is 0 Å². The first-order chi connectivity index (χ1) is 8.44. The molecule has 0 spiro atoms.